The molecule has 1 heterocycles. The van der Waals surface area contributed by atoms with Crippen molar-refractivity contribution in [1.29, 1.82) is 0 Å². The Morgan fingerprint density at radius 2 is 1.80 bits per heavy atom. The Morgan fingerprint density at radius 3 is 2.44 bits per heavy atom. The van der Waals surface area contributed by atoms with Crippen LogP contribution < -0.4 is 14.5 Å². The Hall–Kier alpha value is -2.53. The molecule has 1 aliphatic heterocycles. The van der Waals surface area contributed by atoms with E-state index in [9.17, 15) is 0 Å². The van der Waals surface area contributed by atoms with Gasteiger partial charge in [0.1, 0.15) is 5.75 Å². The van der Waals surface area contributed by atoms with E-state index in [1.54, 1.807) is 7.11 Å². The minimum Gasteiger partial charge on any atom is -0.496 e. The molecule has 5 nitrogen and oxygen atoms in total. The summed E-state index contributed by atoms with van der Waals surface area (Å²) in [5, 5.41) is 0. The minimum absolute atomic E-state index is 0.772. The van der Waals surface area contributed by atoms with E-state index < -0.39 is 0 Å². The van der Waals surface area contributed by atoms with Gasteiger partial charge in [-0.1, -0.05) is 0 Å². The van der Waals surface area contributed by atoms with Gasteiger partial charge in [0.2, 0.25) is 0 Å². The quantitative estimate of drug-likeness (QED) is 0.783. The fourth-order valence-electron chi connectivity index (χ4n) is 2.81. The summed E-state index contributed by atoms with van der Waals surface area (Å²) in [6.07, 6.45) is 1.85. The molecule has 1 aliphatic rings. The molecule has 132 valence electrons. The maximum Gasteiger partial charge on any atom is 0.129 e. The molecule has 3 rings (SSSR count). The largest absolute Gasteiger partial charge is 0.496 e. The van der Waals surface area contributed by atoms with Gasteiger partial charge in [0.25, 0.3) is 0 Å². The molecular formula is C20H25N3O2. The molecule has 0 aromatic heterocycles. The highest BCUT2D eigenvalue weighted by Gasteiger charge is 2.13. The number of morpholine rings is 1. The van der Waals surface area contributed by atoms with Gasteiger partial charge >= 0.3 is 0 Å². The van der Waals surface area contributed by atoms with E-state index in [-0.39, 0.29) is 0 Å². The smallest absolute Gasteiger partial charge is 0.129 e. The Kier molecular flexibility index (Phi) is 5.56. The lowest BCUT2D eigenvalue weighted by atomic mass is 10.1. The highest BCUT2D eigenvalue weighted by atomic mass is 16.5. The molecule has 2 aromatic rings. The first-order chi connectivity index (χ1) is 12.2. The predicted octanol–water partition coefficient (Wildman–Crippen LogP) is 3.35. The van der Waals surface area contributed by atoms with Crippen LogP contribution in [0.5, 0.6) is 5.75 Å². The number of aliphatic imine (C=N–C) groups is 1. The Bertz CT molecular complexity index is 720. The fourth-order valence-corrected chi connectivity index (χ4v) is 2.81. The van der Waals surface area contributed by atoms with Gasteiger partial charge in [0, 0.05) is 56.4 Å². The number of ether oxygens (including phenoxy) is 2. The highest BCUT2D eigenvalue weighted by Crippen LogP contribution is 2.26. The van der Waals surface area contributed by atoms with Crippen molar-refractivity contribution in [3.63, 3.8) is 0 Å². The van der Waals surface area contributed by atoms with E-state index >= 15 is 0 Å². The number of nitrogens with zero attached hydrogens (tertiary/aromatic N) is 3. The summed E-state index contributed by atoms with van der Waals surface area (Å²) in [6, 6.07) is 14.4. The molecule has 0 N–H and O–H groups in total. The molecule has 0 atom stereocenters. The summed E-state index contributed by atoms with van der Waals surface area (Å²) in [5.41, 5.74) is 4.21. The molecule has 1 fully saturated rings. The molecule has 25 heavy (non-hydrogen) atoms. The van der Waals surface area contributed by atoms with Gasteiger partial charge < -0.3 is 19.3 Å². The van der Waals surface area contributed by atoms with Crippen molar-refractivity contribution >= 4 is 23.3 Å². The standard InChI is InChI=1S/C20H25N3O2/c1-22(2)18-8-5-17(6-9-18)21-15-16-4-7-19(14-20(16)24-3)23-10-12-25-13-11-23/h4-9,14-15H,10-13H2,1-3H3. The third kappa shape index (κ3) is 4.31. The van der Waals surface area contributed by atoms with Crippen LogP contribution in [-0.2, 0) is 4.74 Å². The monoisotopic (exact) mass is 339 g/mol. The first-order valence-corrected chi connectivity index (χ1v) is 8.49. The van der Waals surface area contributed by atoms with Crippen molar-refractivity contribution in [1.82, 2.24) is 0 Å². The van der Waals surface area contributed by atoms with Crippen molar-refractivity contribution in [3.8, 4) is 5.75 Å². The molecule has 1 saturated heterocycles. The van der Waals surface area contributed by atoms with Crippen LogP contribution in [0.25, 0.3) is 0 Å². The topological polar surface area (TPSA) is 37.3 Å². The van der Waals surface area contributed by atoms with Gasteiger partial charge in [-0.3, -0.25) is 4.99 Å². The molecule has 0 aliphatic carbocycles. The van der Waals surface area contributed by atoms with E-state index in [2.05, 4.69) is 45.1 Å². The van der Waals surface area contributed by atoms with E-state index in [1.165, 1.54) is 0 Å². The van der Waals surface area contributed by atoms with Crippen LogP contribution in [0.1, 0.15) is 5.56 Å². The van der Waals surface area contributed by atoms with Crippen LogP contribution in [0.4, 0.5) is 17.1 Å². The average Bonchev–Trinajstić information content (AvgIpc) is 2.67. The molecule has 0 saturated carbocycles. The van der Waals surface area contributed by atoms with E-state index in [1.807, 2.05) is 32.4 Å². The van der Waals surface area contributed by atoms with Crippen LogP contribution in [-0.4, -0.2) is 53.7 Å². The van der Waals surface area contributed by atoms with Crippen LogP contribution in [0.3, 0.4) is 0 Å². The van der Waals surface area contributed by atoms with Crippen molar-refractivity contribution in [2.45, 2.75) is 0 Å². The number of hydrogen-bond donors (Lipinski definition) is 0. The maximum absolute atomic E-state index is 5.56. The number of methoxy groups -OCH3 is 1. The van der Waals surface area contributed by atoms with Crippen LogP contribution in [0, 0.1) is 0 Å². The summed E-state index contributed by atoms with van der Waals surface area (Å²) in [4.78, 5) is 8.95. The van der Waals surface area contributed by atoms with E-state index in [0.717, 1.165) is 54.7 Å². The summed E-state index contributed by atoms with van der Waals surface area (Å²) in [7, 11) is 5.75. The van der Waals surface area contributed by atoms with E-state index in [4.69, 9.17) is 9.47 Å². The second-order valence-corrected chi connectivity index (χ2v) is 6.19. The summed E-state index contributed by atoms with van der Waals surface area (Å²) < 4.78 is 11.0. The predicted molar refractivity (Wildman–Crippen MR) is 104 cm³/mol. The molecule has 5 heteroatoms. The summed E-state index contributed by atoms with van der Waals surface area (Å²) >= 11 is 0. The van der Waals surface area contributed by atoms with Gasteiger partial charge in [-0.05, 0) is 36.4 Å². The molecule has 0 bridgehead atoms. The number of benzene rings is 2. The first kappa shape index (κ1) is 17.3. The zero-order valence-corrected chi connectivity index (χ0v) is 15.1. The SMILES string of the molecule is COc1cc(N2CCOCC2)ccc1C=Nc1ccc(N(C)C)cc1. The fraction of sp³-hybridized carbons (Fsp3) is 0.350. The lowest BCUT2D eigenvalue weighted by molar-refractivity contribution is 0.122. The second-order valence-electron chi connectivity index (χ2n) is 6.19. The van der Waals surface area contributed by atoms with Crippen molar-refractivity contribution in [3.05, 3.63) is 48.0 Å². The summed E-state index contributed by atoms with van der Waals surface area (Å²) in [6.45, 7) is 3.37. The molecule has 0 radical (unpaired) electrons. The van der Waals surface area contributed by atoms with Crippen LogP contribution in [0.15, 0.2) is 47.5 Å². The molecular weight excluding hydrogens is 314 g/mol. The van der Waals surface area contributed by atoms with Crippen LogP contribution >= 0.6 is 0 Å². The Labute approximate surface area is 149 Å². The lowest BCUT2D eigenvalue weighted by Crippen LogP contribution is -2.36. The Balaban J connectivity index is 1.77. The minimum atomic E-state index is 0.772. The molecule has 0 amide bonds. The zero-order chi connectivity index (χ0) is 17.6. The van der Waals surface area contributed by atoms with Gasteiger partial charge in [0.15, 0.2) is 0 Å². The highest BCUT2D eigenvalue weighted by molar-refractivity contribution is 5.86. The molecule has 2 aromatic carbocycles. The van der Waals surface area contributed by atoms with E-state index in [0.29, 0.717) is 0 Å². The van der Waals surface area contributed by atoms with Gasteiger partial charge in [-0.25, -0.2) is 0 Å². The van der Waals surface area contributed by atoms with Crippen molar-refractivity contribution in [2.24, 2.45) is 4.99 Å². The third-order valence-corrected chi connectivity index (χ3v) is 4.31. The van der Waals surface area contributed by atoms with Gasteiger partial charge in [-0.15, -0.1) is 0 Å². The zero-order valence-electron chi connectivity index (χ0n) is 15.1. The van der Waals surface area contributed by atoms with Gasteiger partial charge in [0.05, 0.1) is 26.0 Å². The number of hydrogen-bond acceptors (Lipinski definition) is 5. The second kappa shape index (κ2) is 8.03. The molecule has 0 unspecified atom stereocenters. The number of anilines is 2. The normalized spacial score (nSPS) is 14.8. The average molecular weight is 339 g/mol. The van der Waals surface area contributed by atoms with Crippen molar-refractivity contribution < 1.29 is 9.47 Å². The first-order valence-electron chi connectivity index (χ1n) is 8.49. The summed E-state index contributed by atoms with van der Waals surface area (Å²) in [5.74, 6) is 0.831. The Morgan fingerprint density at radius 1 is 1.08 bits per heavy atom. The molecule has 0 spiro atoms. The van der Waals surface area contributed by atoms with Gasteiger partial charge in [-0.2, -0.15) is 0 Å². The maximum atomic E-state index is 5.56. The third-order valence-electron chi connectivity index (χ3n) is 4.31. The van der Waals surface area contributed by atoms with Crippen LogP contribution in [0.2, 0.25) is 0 Å². The van der Waals surface area contributed by atoms with Crippen molar-refractivity contribution in [2.75, 3.05) is 57.3 Å². The number of rotatable bonds is 5. The lowest BCUT2D eigenvalue weighted by Gasteiger charge is -2.29.